The smallest absolute Gasteiger partial charge is 0.363 e. The van der Waals surface area contributed by atoms with Gasteiger partial charge in [0.25, 0.3) is 0 Å². The molecule has 90 valence electrons. The molecule has 6 heteroatoms. The van der Waals surface area contributed by atoms with Crippen LogP contribution in [0.25, 0.3) is 0 Å². The molecule has 1 aliphatic heterocycles. The molecule has 0 radical (unpaired) electrons. The van der Waals surface area contributed by atoms with E-state index in [4.69, 9.17) is 0 Å². The summed E-state index contributed by atoms with van der Waals surface area (Å²) in [6.07, 6.45) is 4.05. The second-order valence-corrected chi connectivity index (χ2v) is 4.76. The second-order valence-electron chi connectivity index (χ2n) is 4.76. The number of piperazine rings is 1. The number of pyridine rings is 1. The summed E-state index contributed by atoms with van der Waals surface area (Å²) in [5.41, 5.74) is 1.28. The van der Waals surface area contributed by atoms with Crippen molar-refractivity contribution >= 4 is 11.5 Å². The fraction of sp³-hybridized carbons (Fsp3) is 0.545. The van der Waals surface area contributed by atoms with E-state index in [1.54, 1.807) is 12.3 Å². The van der Waals surface area contributed by atoms with Gasteiger partial charge in [0.1, 0.15) is 0 Å². The van der Waals surface area contributed by atoms with Crippen molar-refractivity contribution in [3.05, 3.63) is 28.4 Å². The minimum absolute atomic E-state index is 0.0926. The van der Waals surface area contributed by atoms with Crippen LogP contribution < -0.4 is 10.2 Å². The van der Waals surface area contributed by atoms with E-state index in [2.05, 4.69) is 15.2 Å². The Bertz CT molecular complexity index is 441. The average molecular weight is 234 g/mol. The first-order valence-corrected chi connectivity index (χ1v) is 5.79. The van der Waals surface area contributed by atoms with Crippen LogP contribution in [0.4, 0.5) is 11.5 Å². The Labute approximate surface area is 98.8 Å². The molecule has 1 aromatic heterocycles. The van der Waals surface area contributed by atoms with Gasteiger partial charge in [-0.2, -0.15) is 0 Å². The molecule has 2 heterocycles. The predicted molar refractivity (Wildman–Crippen MR) is 63.1 cm³/mol. The van der Waals surface area contributed by atoms with Crippen molar-refractivity contribution < 1.29 is 4.92 Å². The van der Waals surface area contributed by atoms with Crippen molar-refractivity contribution in [1.82, 2.24) is 10.3 Å². The second kappa shape index (κ2) is 3.66. The fourth-order valence-corrected chi connectivity index (χ4v) is 2.34. The standard InChI is InChI=1S/C11H14N4O2/c16-15(17)10-2-1-9(7-12-10)14-6-5-13-11(8-14)3-4-11/h1-2,7,13H,3-6,8H2. The highest BCUT2D eigenvalue weighted by Crippen LogP contribution is 2.38. The van der Waals surface area contributed by atoms with Crippen LogP contribution in [0, 0.1) is 10.1 Å². The minimum atomic E-state index is -0.468. The summed E-state index contributed by atoms with van der Waals surface area (Å²) in [6.45, 7) is 2.88. The number of nitro groups is 1. The van der Waals surface area contributed by atoms with Crippen molar-refractivity contribution in [2.24, 2.45) is 0 Å². The largest absolute Gasteiger partial charge is 0.365 e. The van der Waals surface area contributed by atoms with Crippen molar-refractivity contribution in [3.8, 4) is 0 Å². The maximum Gasteiger partial charge on any atom is 0.363 e. The van der Waals surface area contributed by atoms with Crippen LogP contribution in [-0.4, -0.2) is 35.1 Å². The molecule has 1 aromatic rings. The maximum atomic E-state index is 10.5. The average Bonchev–Trinajstić information content (AvgIpc) is 3.08. The van der Waals surface area contributed by atoms with Gasteiger partial charge in [-0.3, -0.25) is 0 Å². The monoisotopic (exact) mass is 234 g/mol. The van der Waals surface area contributed by atoms with E-state index in [0.717, 1.165) is 25.3 Å². The first-order valence-electron chi connectivity index (χ1n) is 5.79. The molecular weight excluding hydrogens is 220 g/mol. The van der Waals surface area contributed by atoms with Gasteiger partial charge in [0.2, 0.25) is 0 Å². The normalized spacial score (nSPS) is 21.5. The highest BCUT2D eigenvalue weighted by molar-refractivity contribution is 5.48. The van der Waals surface area contributed by atoms with E-state index in [1.165, 1.54) is 18.9 Å². The molecule has 17 heavy (non-hydrogen) atoms. The Morgan fingerprint density at radius 1 is 1.47 bits per heavy atom. The zero-order chi connectivity index (χ0) is 11.9. The Balaban J connectivity index is 1.77. The zero-order valence-corrected chi connectivity index (χ0v) is 9.43. The third kappa shape index (κ3) is 1.95. The lowest BCUT2D eigenvalue weighted by Crippen LogP contribution is -2.52. The molecule has 0 atom stereocenters. The van der Waals surface area contributed by atoms with Gasteiger partial charge in [-0.05, 0) is 28.8 Å². The predicted octanol–water partition coefficient (Wildman–Crippen LogP) is 0.932. The van der Waals surface area contributed by atoms with Crippen molar-refractivity contribution in [2.45, 2.75) is 18.4 Å². The number of rotatable bonds is 2. The van der Waals surface area contributed by atoms with Gasteiger partial charge in [0.05, 0.1) is 5.69 Å². The van der Waals surface area contributed by atoms with E-state index in [-0.39, 0.29) is 5.82 Å². The van der Waals surface area contributed by atoms with E-state index in [0.29, 0.717) is 5.54 Å². The lowest BCUT2D eigenvalue weighted by molar-refractivity contribution is -0.389. The first-order chi connectivity index (χ1) is 8.19. The molecule has 3 rings (SSSR count). The van der Waals surface area contributed by atoms with Crippen LogP contribution >= 0.6 is 0 Å². The van der Waals surface area contributed by atoms with Gasteiger partial charge >= 0.3 is 5.82 Å². The number of aromatic nitrogens is 1. The van der Waals surface area contributed by atoms with Crippen LogP contribution in [-0.2, 0) is 0 Å². The SMILES string of the molecule is O=[N+]([O-])c1ccc(N2CCNC3(CC3)C2)cn1. The summed E-state index contributed by atoms with van der Waals surface area (Å²) in [7, 11) is 0. The van der Waals surface area contributed by atoms with Crippen LogP contribution in [0.1, 0.15) is 12.8 Å². The van der Waals surface area contributed by atoms with E-state index in [1.807, 2.05) is 0 Å². The molecule has 1 saturated carbocycles. The van der Waals surface area contributed by atoms with Gasteiger partial charge in [0.15, 0.2) is 6.20 Å². The summed E-state index contributed by atoms with van der Waals surface area (Å²) in [4.78, 5) is 16.2. The molecular formula is C11H14N4O2. The molecule has 2 fully saturated rings. The third-order valence-corrected chi connectivity index (χ3v) is 3.51. The zero-order valence-electron chi connectivity index (χ0n) is 9.43. The molecule has 1 aliphatic carbocycles. The fourth-order valence-electron chi connectivity index (χ4n) is 2.34. The van der Waals surface area contributed by atoms with Gasteiger partial charge in [-0.15, -0.1) is 0 Å². The number of anilines is 1. The maximum absolute atomic E-state index is 10.5. The van der Waals surface area contributed by atoms with Crippen molar-refractivity contribution in [3.63, 3.8) is 0 Å². The lowest BCUT2D eigenvalue weighted by Gasteiger charge is -2.34. The Hall–Kier alpha value is -1.69. The summed E-state index contributed by atoms with van der Waals surface area (Å²) in [5, 5.41) is 14.0. The molecule has 6 nitrogen and oxygen atoms in total. The van der Waals surface area contributed by atoms with Crippen molar-refractivity contribution in [2.75, 3.05) is 24.5 Å². The summed E-state index contributed by atoms with van der Waals surface area (Å²) in [5.74, 6) is -0.0926. The molecule has 1 N–H and O–H groups in total. The molecule has 0 unspecified atom stereocenters. The van der Waals surface area contributed by atoms with Crippen LogP contribution in [0.3, 0.4) is 0 Å². The highest BCUT2D eigenvalue weighted by atomic mass is 16.6. The number of hydrogen-bond acceptors (Lipinski definition) is 5. The minimum Gasteiger partial charge on any atom is -0.365 e. The quantitative estimate of drug-likeness (QED) is 0.609. The molecule has 2 aliphatic rings. The molecule has 0 bridgehead atoms. The topological polar surface area (TPSA) is 71.3 Å². The first kappa shape index (κ1) is 10.5. The molecule has 0 amide bonds. The lowest BCUT2D eigenvalue weighted by atomic mass is 10.1. The number of nitrogens with zero attached hydrogens (tertiary/aromatic N) is 3. The van der Waals surface area contributed by atoms with Crippen LogP contribution in [0.5, 0.6) is 0 Å². The molecule has 1 spiro atoms. The van der Waals surface area contributed by atoms with Gasteiger partial charge in [-0.1, -0.05) is 0 Å². The van der Waals surface area contributed by atoms with Gasteiger partial charge in [0, 0.05) is 31.2 Å². The number of hydrogen-bond donors (Lipinski definition) is 1. The van der Waals surface area contributed by atoms with E-state index >= 15 is 0 Å². The van der Waals surface area contributed by atoms with Crippen molar-refractivity contribution in [1.29, 1.82) is 0 Å². The summed E-state index contributed by atoms with van der Waals surface area (Å²) >= 11 is 0. The van der Waals surface area contributed by atoms with Gasteiger partial charge < -0.3 is 20.3 Å². The third-order valence-electron chi connectivity index (χ3n) is 3.51. The van der Waals surface area contributed by atoms with E-state index in [9.17, 15) is 10.1 Å². The Kier molecular flexibility index (Phi) is 2.25. The van der Waals surface area contributed by atoms with Crippen LogP contribution in [0.2, 0.25) is 0 Å². The molecule has 0 aromatic carbocycles. The molecule has 1 saturated heterocycles. The number of nitrogens with one attached hydrogen (secondary N) is 1. The summed E-state index contributed by atoms with van der Waals surface area (Å²) < 4.78 is 0. The Morgan fingerprint density at radius 2 is 2.29 bits per heavy atom. The van der Waals surface area contributed by atoms with E-state index < -0.39 is 4.92 Å². The van der Waals surface area contributed by atoms with Crippen LogP contribution in [0.15, 0.2) is 18.3 Å². The summed E-state index contributed by atoms with van der Waals surface area (Å²) in [6, 6.07) is 3.25. The highest BCUT2D eigenvalue weighted by Gasteiger charge is 2.45. The van der Waals surface area contributed by atoms with Gasteiger partial charge in [-0.25, -0.2) is 0 Å². The Morgan fingerprint density at radius 3 is 2.88 bits per heavy atom.